The van der Waals surface area contributed by atoms with Crippen molar-refractivity contribution in [2.75, 3.05) is 18.5 Å². The lowest BCUT2D eigenvalue weighted by atomic mass is 10.0. The molecule has 0 radical (unpaired) electrons. The van der Waals surface area contributed by atoms with Crippen LogP contribution < -0.4 is 10.6 Å². The van der Waals surface area contributed by atoms with Crippen LogP contribution in [0.4, 0.5) is 11.5 Å². The van der Waals surface area contributed by atoms with Gasteiger partial charge in [-0.3, -0.25) is 0 Å². The van der Waals surface area contributed by atoms with E-state index in [1.165, 1.54) is 11.1 Å². The normalized spacial score (nSPS) is 11.8. The van der Waals surface area contributed by atoms with Crippen molar-refractivity contribution in [2.45, 2.75) is 13.0 Å². The average molecular weight is 411 g/mol. The van der Waals surface area contributed by atoms with E-state index in [1.54, 1.807) is 6.33 Å². The first-order valence-corrected chi connectivity index (χ1v) is 10.4. The molecule has 0 bridgehead atoms. The van der Waals surface area contributed by atoms with Crippen LogP contribution in [0.5, 0.6) is 0 Å². The molecule has 5 heteroatoms. The fourth-order valence-corrected chi connectivity index (χ4v) is 3.47. The Bertz CT molecular complexity index is 1110. The van der Waals surface area contributed by atoms with Gasteiger partial charge in [0.05, 0.1) is 12.3 Å². The van der Waals surface area contributed by atoms with Gasteiger partial charge in [0.1, 0.15) is 12.1 Å². The average Bonchev–Trinajstić information content (AvgIpc) is 2.84. The van der Waals surface area contributed by atoms with E-state index in [2.05, 4.69) is 76.1 Å². The molecule has 0 saturated heterocycles. The maximum atomic E-state index is 8.96. The molecule has 1 unspecified atom stereocenters. The molecule has 1 heterocycles. The zero-order chi connectivity index (χ0) is 21.5. The summed E-state index contributed by atoms with van der Waals surface area (Å²) in [4.78, 5) is 8.85. The first-order chi connectivity index (χ1) is 15.2. The Kier molecular flexibility index (Phi) is 6.67. The second-order valence-electron chi connectivity index (χ2n) is 7.38. The summed E-state index contributed by atoms with van der Waals surface area (Å²) in [6, 6.07) is 29.1. The molecule has 1 atom stereocenters. The maximum Gasteiger partial charge on any atom is 0.134 e. The van der Waals surface area contributed by atoms with Crippen LogP contribution in [0.1, 0.15) is 18.5 Å². The van der Waals surface area contributed by atoms with Crippen molar-refractivity contribution in [3.8, 4) is 22.4 Å². The molecule has 3 N–H and O–H groups in total. The van der Waals surface area contributed by atoms with Gasteiger partial charge in [-0.2, -0.15) is 0 Å². The Morgan fingerprint density at radius 3 is 2.32 bits per heavy atom. The molecular weight excluding hydrogens is 384 g/mol. The number of anilines is 2. The molecule has 31 heavy (non-hydrogen) atoms. The molecule has 4 rings (SSSR count). The molecule has 156 valence electrons. The summed E-state index contributed by atoms with van der Waals surface area (Å²) in [7, 11) is 0. The van der Waals surface area contributed by atoms with Gasteiger partial charge < -0.3 is 15.7 Å². The van der Waals surface area contributed by atoms with E-state index in [0.717, 1.165) is 28.3 Å². The summed E-state index contributed by atoms with van der Waals surface area (Å²) in [6.07, 6.45) is 1.59. The van der Waals surface area contributed by atoms with E-state index in [9.17, 15) is 0 Å². The Morgan fingerprint density at radius 2 is 1.55 bits per heavy atom. The van der Waals surface area contributed by atoms with Crippen LogP contribution >= 0.6 is 0 Å². The Hall–Kier alpha value is -3.54. The minimum Gasteiger partial charge on any atom is -0.395 e. The van der Waals surface area contributed by atoms with Gasteiger partial charge in [-0.05, 0) is 41.8 Å². The minimum atomic E-state index is 0.133. The van der Waals surface area contributed by atoms with Crippen molar-refractivity contribution in [3.05, 3.63) is 96.8 Å². The van der Waals surface area contributed by atoms with Crippen molar-refractivity contribution >= 4 is 11.5 Å². The maximum absolute atomic E-state index is 8.96. The highest BCUT2D eigenvalue weighted by Crippen LogP contribution is 2.27. The lowest BCUT2D eigenvalue weighted by Gasteiger charge is -2.14. The van der Waals surface area contributed by atoms with Crippen LogP contribution in [-0.4, -0.2) is 28.2 Å². The third-order valence-corrected chi connectivity index (χ3v) is 5.18. The third kappa shape index (κ3) is 5.34. The molecule has 0 aliphatic rings. The van der Waals surface area contributed by atoms with Gasteiger partial charge in [0.25, 0.3) is 0 Å². The number of hydrogen-bond acceptors (Lipinski definition) is 5. The smallest absolute Gasteiger partial charge is 0.134 e. The first-order valence-electron chi connectivity index (χ1n) is 10.4. The van der Waals surface area contributed by atoms with E-state index in [0.29, 0.717) is 6.54 Å². The number of benzene rings is 3. The van der Waals surface area contributed by atoms with Crippen LogP contribution in [0.3, 0.4) is 0 Å². The SMILES string of the molecule is CC(NCCO)c1ccc(Nc2cc(-c3cccc(-c4ccccc4)c3)ncn2)cc1. The summed E-state index contributed by atoms with van der Waals surface area (Å²) in [5, 5.41) is 15.6. The topological polar surface area (TPSA) is 70.1 Å². The fraction of sp³-hybridized carbons (Fsp3) is 0.154. The highest BCUT2D eigenvalue weighted by atomic mass is 16.3. The number of nitrogens with zero attached hydrogens (tertiary/aromatic N) is 2. The summed E-state index contributed by atoms with van der Waals surface area (Å²) in [5.41, 5.74) is 6.38. The second-order valence-corrected chi connectivity index (χ2v) is 7.38. The molecule has 1 aromatic heterocycles. The number of hydrogen-bond donors (Lipinski definition) is 3. The van der Waals surface area contributed by atoms with Crippen molar-refractivity contribution in [1.29, 1.82) is 0 Å². The quantitative estimate of drug-likeness (QED) is 0.373. The van der Waals surface area contributed by atoms with Gasteiger partial charge in [0.15, 0.2) is 0 Å². The number of rotatable bonds is 8. The Labute approximate surface area is 182 Å². The van der Waals surface area contributed by atoms with Crippen LogP contribution in [0.2, 0.25) is 0 Å². The molecule has 0 saturated carbocycles. The molecule has 0 aliphatic carbocycles. The van der Waals surface area contributed by atoms with Crippen LogP contribution in [0.25, 0.3) is 22.4 Å². The van der Waals surface area contributed by atoms with Crippen LogP contribution in [-0.2, 0) is 0 Å². The minimum absolute atomic E-state index is 0.133. The Balaban J connectivity index is 1.50. The van der Waals surface area contributed by atoms with Crippen molar-refractivity contribution in [2.24, 2.45) is 0 Å². The lowest BCUT2D eigenvalue weighted by molar-refractivity contribution is 0.286. The highest BCUT2D eigenvalue weighted by molar-refractivity contribution is 5.72. The number of aliphatic hydroxyl groups excluding tert-OH is 1. The molecule has 4 aromatic rings. The van der Waals surface area contributed by atoms with Gasteiger partial charge in [0, 0.05) is 29.9 Å². The zero-order valence-electron chi connectivity index (χ0n) is 17.5. The summed E-state index contributed by atoms with van der Waals surface area (Å²) in [6.45, 7) is 2.79. The van der Waals surface area contributed by atoms with E-state index in [1.807, 2.05) is 36.4 Å². The summed E-state index contributed by atoms with van der Waals surface area (Å²) in [5.74, 6) is 0.745. The van der Waals surface area contributed by atoms with Gasteiger partial charge in [-0.25, -0.2) is 9.97 Å². The van der Waals surface area contributed by atoms with E-state index < -0.39 is 0 Å². The standard InChI is InChI=1S/C26H26N4O/c1-19(27-14-15-31)20-10-12-24(13-11-20)30-26-17-25(28-18-29-26)23-9-5-8-22(16-23)21-6-3-2-4-7-21/h2-13,16-19,27,31H,14-15H2,1H3,(H,28,29,30). The van der Waals surface area contributed by atoms with Gasteiger partial charge >= 0.3 is 0 Å². The predicted molar refractivity (Wildman–Crippen MR) is 126 cm³/mol. The number of aliphatic hydroxyl groups is 1. The van der Waals surface area contributed by atoms with E-state index in [-0.39, 0.29) is 12.6 Å². The van der Waals surface area contributed by atoms with E-state index in [4.69, 9.17) is 5.11 Å². The molecule has 0 amide bonds. The molecule has 0 spiro atoms. The zero-order valence-corrected chi connectivity index (χ0v) is 17.5. The lowest BCUT2D eigenvalue weighted by Crippen LogP contribution is -2.21. The molecular formula is C26H26N4O. The van der Waals surface area contributed by atoms with Crippen molar-refractivity contribution in [1.82, 2.24) is 15.3 Å². The number of aromatic nitrogens is 2. The van der Waals surface area contributed by atoms with Gasteiger partial charge in [-0.15, -0.1) is 0 Å². The highest BCUT2D eigenvalue weighted by Gasteiger charge is 2.07. The summed E-state index contributed by atoms with van der Waals surface area (Å²) < 4.78 is 0. The molecule has 5 nitrogen and oxygen atoms in total. The third-order valence-electron chi connectivity index (χ3n) is 5.18. The van der Waals surface area contributed by atoms with E-state index >= 15 is 0 Å². The van der Waals surface area contributed by atoms with Gasteiger partial charge in [0.2, 0.25) is 0 Å². The fourth-order valence-electron chi connectivity index (χ4n) is 3.47. The van der Waals surface area contributed by atoms with Gasteiger partial charge in [-0.1, -0.05) is 60.7 Å². The first kappa shape index (κ1) is 20.7. The molecule has 0 fully saturated rings. The van der Waals surface area contributed by atoms with Crippen molar-refractivity contribution < 1.29 is 5.11 Å². The van der Waals surface area contributed by atoms with Crippen LogP contribution in [0.15, 0.2) is 91.3 Å². The second kappa shape index (κ2) is 9.98. The van der Waals surface area contributed by atoms with Crippen LogP contribution in [0, 0.1) is 0 Å². The number of nitrogens with one attached hydrogen (secondary N) is 2. The molecule has 0 aliphatic heterocycles. The Morgan fingerprint density at radius 1 is 0.806 bits per heavy atom. The predicted octanol–water partition coefficient (Wildman–Crippen LogP) is 5.20. The molecule has 3 aromatic carbocycles. The monoisotopic (exact) mass is 410 g/mol. The largest absolute Gasteiger partial charge is 0.395 e. The van der Waals surface area contributed by atoms with Crippen molar-refractivity contribution in [3.63, 3.8) is 0 Å². The summed E-state index contributed by atoms with van der Waals surface area (Å²) >= 11 is 0.